The summed E-state index contributed by atoms with van der Waals surface area (Å²) in [7, 11) is 0. The average molecular weight is 255 g/mol. The van der Waals surface area contributed by atoms with E-state index in [9.17, 15) is 4.79 Å². The minimum Gasteiger partial charge on any atom is -0.370 e. The number of halogens is 1. The third-order valence-electron chi connectivity index (χ3n) is 3.11. The highest BCUT2D eigenvalue weighted by Crippen LogP contribution is 2.31. The lowest BCUT2D eigenvalue weighted by Crippen LogP contribution is -2.29. The fourth-order valence-corrected chi connectivity index (χ4v) is 2.26. The van der Waals surface area contributed by atoms with E-state index >= 15 is 0 Å². The molecule has 1 aromatic rings. The summed E-state index contributed by atoms with van der Waals surface area (Å²) >= 11 is 0. The van der Waals surface area contributed by atoms with E-state index in [0.29, 0.717) is 6.42 Å². The summed E-state index contributed by atoms with van der Waals surface area (Å²) < 4.78 is 0. The maximum Gasteiger partial charge on any atom is 0.228 e. The van der Waals surface area contributed by atoms with Crippen molar-refractivity contribution in [3.8, 4) is 0 Å². The van der Waals surface area contributed by atoms with Gasteiger partial charge >= 0.3 is 0 Å². The first-order chi connectivity index (χ1) is 7.77. The fraction of sp³-hybridized carbons (Fsp3) is 0.462. The molecule has 0 aromatic heterocycles. The van der Waals surface area contributed by atoms with Crippen LogP contribution in [0.3, 0.4) is 0 Å². The van der Waals surface area contributed by atoms with Gasteiger partial charge in [-0.15, -0.1) is 12.4 Å². The second-order valence-electron chi connectivity index (χ2n) is 3.96. The van der Waals surface area contributed by atoms with Gasteiger partial charge in [-0.25, -0.2) is 0 Å². The smallest absolute Gasteiger partial charge is 0.228 e. The lowest BCUT2D eigenvalue weighted by molar-refractivity contribution is -0.118. The van der Waals surface area contributed by atoms with E-state index in [-0.39, 0.29) is 18.3 Å². The Hall–Kier alpha value is -1.22. The lowest BCUT2D eigenvalue weighted by atomic mass is 10.2. The molecule has 2 rings (SSSR count). The van der Waals surface area contributed by atoms with Crippen molar-refractivity contribution in [1.29, 1.82) is 0 Å². The number of hydrogen-bond donors (Lipinski definition) is 0. The van der Waals surface area contributed by atoms with Gasteiger partial charge in [-0.05, 0) is 26.0 Å². The van der Waals surface area contributed by atoms with Gasteiger partial charge in [-0.1, -0.05) is 12.1 Å². The molecular weight excluding hydrogens is 236 g/mol. The molecule has 0 N–H and O–H groups in total. The first-order valence-electron chi connectivity index (χ1n) is 5.92. The molecule has 1 heterocycles. The molecule has 4 heteroatoms. The molecule has 1 amide bonds. The Balaban J connectivity index is 0.00000144. The number of hydrogen-bond acceptors (Lipinski definition) is 2. The van der Waals surface area contributed by atoms with Crippen LogP contribution in [0.5, 0.6) is 0 Å². The van der Waals surface area contributed by atoms with Crippen molar-refractivity contribution in [3.63, 3.8) is 0 Å². The average Bonchev–Trinajstić information content (AvgIpc) is 2.45. The molecule has 3 nitrogen and oxygen atoms in total. The van der Waals surface area contributed by atoms with E-state index in [0.717, 1.165) is 25.3 Å². The van der Waals surface area contributed by atoms with Gasteiger partial charge in [0.1, 0.15) is 0 Å². The highest BCUT2D eigenvalue weighted by atomic mass is 35.5. The van der Waals surface area contributed by atoms with Crippen LogP contribution in [0.2, 0.25) is 0 Å². The van der Waals surface area contributed by atoms with Gasteiger partial charge in [0.25, 0.3) is 0 Å². The molecule has 1 aliphatic rings. The van der Waals surface area contributed by atoms with Crippen LogP contribution in [-0.4, -0.2) is 25.5 Å². The molecule has 17 heavy (non-hydrogen) atoms. The molecule has 0 aliphatic carbocycles. The zero-order chi connectivity index (χ0) is 11.5. The number of carbonyl (C=O) groups is 1. The summed E-state index contributed by atoms with van der Waals surface area (Å²) in [5.41, 5.74) is 2.23. The summed E-state index contributed by atoms with van der Waals surface area (Å²) in [4.78, 5) is 16.1. The molecule has 0 bridgehead atoms. The van der Waals surface area contributed by atoms with Gasteiger partial charge in [0.2, 0.25) is 5.91 Å². The van der Waals surface area contributed by atoms with Gasteiger partial charge in [-0.2, -0.15) is 0 Å². The molecule has 94 valence electrons. The molecule has 0 atom stereocenters. The summed E-state index contributed by atoms with van der Waals surface area (Å²) in [6.45, 7) is 6.66. The van der Waals surface area contributed by atoms with Crippen LogP contribution in [0.4, 0.5) is 11.4 Å². The molecule has 0 unspecified atom stereocenters. The second kappa shape index (κ2) is 5.92. The van der Waals surface area contributed by atoms with Crippen LogP contribution < -0.4 is 9.80 Å². The van der Waals surface area contributed by atoms with Crippen LogP contribution in [0, 0.1) is 0 Å². The maximum atomic E-state index is 12.0. The molecule has 0 fully saturated rings. The van der Waals surface area contributed by atoms with E-state index in [2.05, 4.69) is 17.9 Å². The number of benzene rings is 1. The largest absolute Gasteiger partial charge is 0.370 e. The topological polar surface area (TPSA) is 23.6 Å². The molecule has 0 saturated heterocycles. The van der Waals surface area contributed by atoms with Crippen LogP contribution in [0.25, 0.3) is 0 Å². The number of fused-ring (bicyclic) bond motifs is 1. The Labute approximate surface area is 109 Å². The van der Waals surface area contributed by atoms with E-state index in [1.165, 1.54) is 5.69 Å². The van der Waals surface area contributed by atoms with Crippen molar-refractivity contribution in [2.45, 2.75) is 20.3 Å². The molecule has 1 aliphatic heterocycles. The number of para-hydroxylation sites is 2. The van der Waals surface area contributed by atoms with Crippen molar-refractivity contribution in [2.75, 3.05) is 29.4 Å². The second-order valence-corrected chi connectivity index (χ2v) is 3.96. The summed E-state index contributed by atoms with van der Waals surface area (Å²) in [5.74, 6) is 0.228. The Kier molecular flexibility index (Phi) is 4.82. The molecule has 1 aromatic carbocycles. The first-order valence-corrected chi connectivity index (χ1v) is 5.92. The normalized spacial score (nSPS) is 15.1. The highest BCUT2D eigenvalue weighted by molar-refractivity contribution is 5.98. The van der Waals surface area contributed by atoms with Crippen LogP contribution >= 0.6 is 12.4 Å². The van der Waals surface area contributed by atoms with Crippen LogP contribution in [0.1, 0.15) is 20.3 Å². The van der Waals surface area contributed by atoms with Gasteiger partial charge in [0.15, 0.2) is 0 Å². The minimum atomic E-state index is 0. The SMILES string of the molecule is CCN1CCC(=O)N(CC)c2ccccc21.Cl. The lowest BCUT2D eigenvalue weighted by Gasteiger charge is -2.24. The highest BCUT2D eigenvalue weighted by Gasteiger charge is 2.23. The number of amides is 1. The van der Waals surface area contributed by atoms with Crippen molar-refractivity contribution in [3.05, 3.63) is 24.3 Å². The molecule has 0 saturated carbocycles. The van der Waals surface area contributed by atoms with Crippen molar-refractivity contribution in [2.24, 2.45) is 0 Å². The summed E-state index contributed by atoms with van der Waals surface area (Å²) in [5, 5.41) is 0. The van der Waals surface area contributed by atoms with Gasteiger partial charge in [-0.3, -0.25) is 4.79 Å². The first kappa shape index (κ1) is 13.8. The third-order valence-corrected chi connectivity index (χ3v) is 3.11. The summed E-state index contributed by atoms with van der Waals surface area (Å²) in [6, 6.07) is 8.16. The van der Waals surface area contributed by atoms with Crippen molar-refractivity contribution in [1.82, 2.24) is 0 Å². The van der Waals surface area contributed by atoms with E-state index in [1.807, 2.05) is 30.0 Å². The molecule has 0 radical (unpaired) electrons. The quantitative estimate of drug-likeness (QED) is 0.810. The maximum absolute atomic E-state index is 12.0. The van der Waals surface area contributed by atoms with E-state index in [4.69, 9.17) is 0 Å². The minimum absolute atomic E-state index is 0. The zero-order valence-corrected chi connectivity index (χ0v) is 11.2. The van der Waals surface area contributed by atoms with E-state index in [1.54, 1.807) is 0 Å². The standard InChI is InChI=1S/C13H18N2O.ClH/c1-3-14-10-9-13(16)15(4-2)12-8-6-5-7-11(12)14;/h5-8H,3-4,9-10H2,1-2H3;1H. The van der Waals surface area contributed by atoms with Gasteiger partial charge in [0, 0.05) is 26.1 Å². The molecular formula is C13H19ClN2O. The predicted octanol–water partition coefficient (Wildman–Crippen LogP) is 2.69. The predicted molar refractivity (Wildman–Crippen MR) is 74.2 cm³/mol. The Bertz CT molecular complexity index is 395. The fourth-order valence-electron chi connectivity index (χ4n) is 2.26. The number of anilines is 2. The Morgan fingerprint density at radius 2 is 1.76 bits per heavy atom. The molecule has 0 spiro atoms. The van der Waals surface area contributed by atoms with Gasteiger partial charge in [0.05, 0.1) is 11.4 Å². The number of carbonyl (C=O) groups excluding carboxylic acids is 1. The number of rotatable bonds is 2. The monoisotopic (exact) mass is 254 g/mol. The Morgan fingerprint density at radius 1 is 1.12 bits per heavy atom. The third kappa shape index (κ3) is 2.55. The summed E-state index contributed by atoms with van der Waals surface area (Å²) in [6.07, 6.45) is 0.608. The van der Waals surface area contributed by atoms with Crippen molar-refractivity contribution < 1.29 is 4.79 Å². The zero-order valence-electron chi connectivity index (χ0n) is 10.3. The Morgan fingerprint density at radius 3 is 2.35 bits per heavy atom. The van der Waals surface area contributed by atoms with Crippen LogP contribution in [-0.2, 0) is 4.79 Å². The van der Waals surface area contributed by atoms with Crippen molar-refractivity contribution >= 4 is 29.7 Å². The van der Waals surface area contributed by atoms with E-state index < -0.39 is 0 Å². The number of nitrogens with zero attached hydrogens (tertiary/aromatic N) is 2. The van der Waals surface area contributed by atoms with Crippen LogP contribution in [0.15, 0.2) is 24.3 Å². The van der Waals surface area contributed by atoms with Gasteiger partial charge < -0.3 is 9.80 Å².